The van der Waals surface area contributed by atoms with Gasteiger partial charge in [-0.1, -0.05) is 33.6 Å². The molecule has 1 N–H and O–H groups in total. The highest BCUT2D eigenvalue weighted by atomic mass is 16.6. The van der Waals surface area contributed by atoms with Crippen LogP contribution in [-0.4, -0.2) is 22.6 Å². The van der Waals surface area contributed by atoms with Crippen molar-refractivity contribution in [1.82, 2.24) is 0 Å². The van der Waals surface area contributed by atoms with Crippen LogP contribution in [0, 0.1) is 5.41 Å². The third kappa shape index (κ3) is 5.68. The Kier molecular flexibility index (Phi) is 6.69. The summed E-state index contributed by atoms with van der Waals surface area (Å²) in [4.78, 5) is 22.6. The molecule has 122 valence electrons. The van der Waals surface area contributed by atoms with Crippen LogP contribution in [0.15, 0.2) is 0 Å². The number of unbranched alkanes of at least 4 members (excludes halogenated alkanes) is 1. The topological polar surface area (TPSA) is 63.6 Å². The number of ether oxygens (including phenoxy) is 1. The Bertz CT molecular complexity index is 346. The molecule has 1 aliphatic rings. The Morgan fingerprint density at radius 2 is 1.52 bits per heavy atom. The summed E-state index contributed by atoms with van der Waals surface area (Å²) in [6.07, 6.45) is 8.12. The van der Waals surface area contributed by atoms with Crippen LogP contribution in [0.2, 0.25) is 0 Å². The molecule has 0 radical (unpaired) electrons. The maximum absolute atomic E-state index is 12.2. The van der Waals surface area contributed by atoms with Crippen molar-refractivity contribution in [2.24, 2.45) is 5.41 Å². The third-order valence-electron chi connectivity index (χ3n) is 4.61. The molecular weight excluding hydrogens is 268 g/mol. The van der Waals surface area contributed by atoms with E-state index in [2.05, 4.69) is 20.8 Å². The predicted octanol–water partition coefficient (Wildman–Crippen LogP) is 4.31. The van der Waals surface area contributed by atoms with E-state index in [-0.39, 0.29) is 23.4 Å². The largest absolute Gasteiger partial charge is 0.481 e. The van der Waals surface area contributed by atoms with E-state index in [0.717, 1.165) is 25.7 Å². The van der Waals surface area contributed by atoms with Crippen molar-refractivity contribution in [3.05, 3.63) is 0 Å². The summed E-state index contributed by atoms with van der Waals surface area (Å²) in [5.41, 5.74) is -0.415. The molecule has 0 bridgehead atoms. The second-order valence-electron chi connectivity index (χ2n) is 7.23. The van der Waals surface area contributed by atoms with Gasteiger partial charge in [0.1, 0.15) is 5.60 Å². The lowest BCUT2D eigenvalue weighted by molar-refractivity contribution is -0.176. The molecule has 0 aromatic rings. The highest BCUT2D eigenvalue weighted by Crippen LogP contribution is 2.44. The molecule has 0 aromatic heterocycles. The molecule has 21 heavy (non-hydrogen) atoms. The van der Waals surface area contributed by atoms with Crippen LogP contribution in [0.5, 0.6) is 0 Å². The van der Waals surface area contributed by atoms with Gasteiger partial charge in [0, 0.05) is 18.3 Å². The quantitative estimate of drug-likeness (QED) is 0.451. The van der Waals surface area contributed by atoms with Gasteiger partial charge in [-0.25, -0.2) is 0 Å². The van der Waals surface area contributed by atoms with Gasteiger partial charge in [-0.15, -0.1) is 0 Å². The van der Waals surface area contributed by atoms with Crippen LogP contribution in [-0.2, 0) is 14.3 Å². The van der Waals surface area contributed by atoms with Crippen LogP contribution in [0.1, 0.15) is 85.0 Å². The number of carbonyl (C=O) groups excluding carboxylic acids is 1. The first kappa shape index (κ1) is 18.0. The number of carboxylic acid groups (broad SMARTS) is 1. The minimum atomic E-state index is -0.807. The average Bonchev–Trinajstić information content (AvgIpc) is 2.60. The predicted molar refractivity (Wildman–Crippen MR) is 82.1 cm³/mol. The lowest BCUT2D eigenvalue weighted by Gasteiger charge is -2.44. The van der Waals surface area contributed by atoms with Crippen molar-refractivity contribution in [2.75, 3.05) is 0 Å². The van der Waals surface area contributed by atoms with Crippen molar-refractivity contribution in [1.29, 1.82) is 0 Å². The van der Waals surface area contributed by atoms with E-state index < -0.39 is 5.97 Å². The highest BCUT2D eigenvalue weighted by Gasteiger charge is 2.45. The molecule has 4 nitrogen and oxygen atoms in total. The Labute approximate surface area is 128 Å². The fourth-order valence-electron chi connectivity index (χ4n) is 3.12. The smallest absolute Gasteiger partial charge is 0.306 e. The van der Waals surface area contributed by atoms with Gasteiger partial charge in [-0.05, 0) is 38.5 Å². The molecule has 0 atom stereocenters. The fraction of sp³-hybridized carbons (Fsp3) is 0.882. The monoisotopic (exact) mass is 298 g/mol. The van der Waals surface area contributed by atoms with E-state index >= 15 is 0 Å². The molecule has 1 fully saturated rings. The molecule has 0 aromatic carbocycles. The van der Waals surface area contributed by atoms with Gasteiger partial charge < -0.3 is 9.84 Å². The second-order valence-corrected chi connectivity index (χ2v) is 7.23. The number of rotatable bonds is 6. The number of hydrogen-bond acceptors (Lipinski definition) is 3. The summed E-state index contributed by atoms with van der Waals surface area (Å²) in [5.74, 6) is -0.976. The molecule has 0 amide bonds. The van der Waals surface area contributed by atoms with Crippen LogP contribution < -0.4 is 0 Å². The first-order chi connectivity index (χ1) is 9.77. The van der Waals surface area contributed by atoms with Gasteiger partial charge in [-0.2, -0.15) is 0 Å². The third-order valence-corrected chi connectivity index (χ3v) is 4.61. The van der Waals surface area contributed by atoms with E-state index in [0.29, 0.717) is 19.3 Å². The van der Waals surface area contributed by atoms with E-state index in [4.69, 9.17) is 9.84 Å². The number of esters is 1. The number of aliphatic carboxylic acids is 1. The van der Waals surface area contributed by atoms with Gasteiger partial charge in [0.15, 0.2) is 0 Å². The number of hydrogen-bond donors (Lipinski definition) is 1. The Balaban J connectivity index is 2.56. The van der Waals surface area contributed by atoms with Crippen molar-refractivity contribution >= 4 is 11.9 Å². The number of carboxylic acids is 1. The molecule has 0 aliphatic heterocycles. The molecule has 0 heterocycles. The molecule has 0 saturated heterocycles. The summed E-state index contributed by atoms with van der Waals surface area (Å²) in [6, 6.07) is 0. The minimum absolute atomic E-state index is 0.0614. The Hall–Kier alpha value is -1.06. The van der Waals surface area contributed by atoms with Gasteiger partial charge in [0.05, 0.1) is 0 Å². The maximum atomic E-state index is 12.2. The van der Waals surface area contributed by atoms with E-state index in [1.54, 1.807) is 0 Å². The van der Waals surface area contributed by atoms with E-state index in [1.165, 1.54) is 12.8 Å². The zero-order valence-electron chi connectivity index (χ0n) is 13.7. The van der Waals surface area contributed by atoms with Crippen molar-refractivity contribution in [2.45, 2.75) is 90.6 Å². The molecule has 0 spiro atoms. The molecule has 1 saturated carbocycles. The van der Waals surface area contributed by atoms with E-state index in [1.807, 2.05) is 0 Å². The fourth-order valence-corrected chi connectivity index (χ4v) is 3.12. The first-order valence-electron chi connectivity index (χ1n) is 8.20. The summed E-state index contributed by atoms with van der Waals surface area (Å²) in [6.45, 7) is 6.45. The Morgan fingerprint density at radius 3 is 2.00 bits per heavy atom. The van der Waals surface area contributed by atoms with Gasteiger partial charge in [-0.3, -0.25) is 9.59 Å². The van der Waals surface area contributed by atoms with Gasteiger partial charge in [0.25, 0.3) is 0 Å². The molecule has 1 aliphatic carbocycles. The minimum Gasteiger partial charge on any atom is -0.481 e. The molecular formula is C17H30O4. The van der Waals surface area contributed by atoms with Crippen molar-refractivity contribution in [3.63, 3.8) is 0 Å². The lowest BCUT2D eigenvalue weighted by Crippen LogP contribution is -2.46. The normalized spacial score (nSPS) is 18.8. The molecule has 0 unspecified atom stereocenters. The zero-order valence-corrected chi connectivity index (χ0v) is 13.7. The second kappa shape index (κ2) is 7.81. The van der Waals surface area contributed by atoms with Crippen LogP contribution in [0.4, 0.5) is 0 Å². The summed E-state index contributed by atoms with van der Waals surface area (Å²) in [7, 11) is 0. The Morgan fingerprint density at radius 1 is 1.00 bits per heavy atom. The standard InChI is InChI=1S/C17H30O4/c1-16(2,3)17(12-8-4-5-9-13-17)21-15(20)11-7-6-10-14(18)19/h4-13H2,1-3H3,(H,18,19). The highest BCUT2D eigenvalue weighted by molar-refractivity contribution is 5.70. The van der Waals surface area contributed by atoms with Crippen molar-refractivity contribution in [3.8, 4) is 0 Å². The first-order valence-corrected chi connectivity index (χ1v) is 8.20. The SMILES string of the molecule is CC(C)(C)C1(OC(=O)CCCCC(=O)O)CCCCCC1. The van der Waals surface area contributed by atoms with E-state index in [9.17, 15) is 9.59 Å². The summed E-state index contributed by atoms with van der Waals surface area (Å²) < 4.78 is 5.94. The van der Waals surface area contributed by atoms with Gasteiger partial charge >= 0.3 is 11.9 Å². The van der Waals surface area contributed by atoms with Gasteiger partial charge in [0.2, 0.25) is 0 Å². The van der Waals surface area contributed by atoms with Crippen LogP contribution in [0.3, 0.4) is 0 Å². The van der Waals surface area contributed by atoms with Crippen LogP contribution in [0.25, 0.3) is 0 Å². The molecule has 1 rings (SSSR count). The maximum Gasteiger partial charge on any atom is 0.306 e. The molecule has 4 heteroatoms. The lowest BCUT2D eigenvalue weighted by atomic mass is 9.71. The summed E-state index contributed by atoms with van der Waals surface area (Å²) >= 11 is 0. The van der Waals surface area contributed by atoms with Crippen molar-refractivity contribution < 1.29 is 19.4 Å². The summed E-state index contributed by atoms with van der Waals surface area (Å²) in [5, 5.41) is 8.60. The van der Waals surface area contributed by atoms with Crippen LogP contribution >= 0.6 is 0 Å². The zero-order chi connectivity index (χ0) is 15.9. The average molecular weight is 298 g/mol. The number of carbonyl (C=O) groups is 2.